The molecule has 0 fully saturated rings. The average molecular weight is 266 g/mol. The summed E-state index contributed by atoms with van der Waals surface area (Å²) in [5, 5.41) is 4.06. The molecule has 1 atom stereocenters. The monoisotopic (exact) mass is 265 g/mol. The molecule has 92 valence electrons. The largest absolute Gasteiger partial charge is 0.268 e. The van der Waals surface area contributed by atoms with Crippen LogP contribution >= 0.6 is 11.6 Å². The number of alkyl halides is 1. The Morgan fingerprint density at radius 2 is 2.25 bits per heavy atom. The van der Waals surface area contributed by atoms with Crippen molar-refractivity contribution in [2.24, 2.45) is 13.0 Å². The lowest BCUT2D eigenvalue weighted by atomic mass is 10.3. The summed E-state index contributed by atoms with van der Waals surface area (Å²) < 4.78 is 27.4. The van der Waals surface area contributed by atoms with Crippen LogP contribution < -0.4 is 4.72 Å². The molecule has 1 heterocycles. The normalized spacial score (nSPS) is 13.8. The number of halogens is 1. The van der Waals surface area contributed by atoms with Crippen molar-refractivity contribution >= 4 is 27.4 Å². The smallest absolute Gasteiger partial charge is 0.234 e. The number of nitrogens with zero attached hydrogens (tertiary/aromatic N) is 2. The number of rotatable bonds is 5. The second-order valence-corrected chi connectivity index (χ2v) is 6.01. The molecule has 0 amide bonds. The number of aromatic nitrogens is 2. The van der Waals surface area contributed by atoms with E-state index in [2.05, 4.69) is 9.82 Å². The maximum absolute atomic E-state index is 11.7. The zero-order chi connectivity index (χ0) is 12.3. The fraction of sp³-hybridized carbons (Fsp3) is 0.667. The summed E-state index contributed by atoms with van der Waals surface area (Å²) in [5.74, 6) is 0.735. The molecule has 5 nitrogen and oxygen atoms in total. The van der Waals surface area contributed by atoms with E-state index in [9.17, 15) is 8.42 Å². The van der Waals surface area contributed by atoms with Gasteiger partial charge in [-0.3, -0.25) is 9.40 Å². The molecule has 1 rings (SSSR count). The predicted octanol–water partition coefficient (Wildman–Crippen LogP) is 1.35. The molecule has 0 radical (unpaired) electrons. The minimum Gasteiger partial charge on any atom is -0.268 e. The summed E-state index contributed by atoms with van der Waals surface area (Å²) in [6.45, 7) is 3.60. The Hall–Kier alpha value is -0.750. The third-order valence-electron chi connectivity index (χ3n) is 2.03. The molecule has 1 aromatic rings. The van der Waals surface area contributed by atoms with Crippen LogP contribution in [0.5, 0.6) is 0 Å². The lowest BCUT2D eigenvalue weighted by molar-refractivity contribution is 0.587. The Labute approximate surface area is 101 Å². The number of aryl methyl sites for hydroxylation is 2. The van der Waals surface area contributed by atoms with Crippen LogP contribution in [0, 0.1) is 12.8 Å². The van der Waals surface area contributed by atoms with Gasteiger partial charge in [-0.2, -0.15) is 5.10 Å². The summed E-state index contributed by atoms with van der Waals surface area (Å²) in [5.41, 5.74) is 0.769. The minimum absolute atomic E-state index is 0.0146. The van der Waals surface area contributed by atoms with E-state index >= 15 is 0 Å². The van der Waals surface area contributed by atoms with E-state index in [1.54, 1.807) is 27.0 Å². The van der Waals surface area contributed by atoms with Gasteiger partial charge in [0.15, 0.2) is 0 Å². The third kappa shape index (κ3) is 3.68. The van der Waals surface area contributed by atoms with Gasteiger partial charge in [-0.1, -0.05) is 6.92 Å². The molecular formula is C9H16ClN3O2S. The number of hydrogen-bond acceptors (Lipinski definition) is 3. The lowest BCUT2D eigenvalue weighted by Gasteiger charge is -2.10. The van der Waals surface area contributed by atoms with Crippen LogP contribution in [0.4, 0.5) is 5.82 Å². The molecule has 16 heavy (non-hydrogen) atoms. The van der Waals surface area contributed by atoms with Gasteiger partial charge in [-0.05, 0) is 12.8 Å². The van der Waals surface area contributed by atoms with Crippen molar-refractivity contribution in [3.05, 3.63) is 11.8 Å². The second kappa shape index (κ2) is 5.05. The number of sulfonamides is 1. The van der Waals surface area contributed by atoms with E-state index in [0.29, 0.717) is 11.7 Å². The SMILES string of the molecule is Cc1cc(NS(=O)(=O)CC(C)CCl)n(C)n1. The van der Waals surface area contributed by atoms with Crippen LogP contribution in [0.15, 0.2) is 6.07 Å². The van der Waals surface area contributed by atoms with Gasteiger partial charge in [-0.25, -0.2) is 8.42 Å². The topological polar surface area (TPSA) is 64.0 Å². The molecule has 1 N–H and O–H groups in total. The third-order valence-corrected chi connectivity index (χ3v) is 4.08. The molecule has 0 bridgehead atoms. The summed E-state index contributed by atoms with van der Waals surface area (Å²) in [7, 11) is -1.66. The van der Waals surface area contributed by atoms with Crippen molar-refractivity contribution in [2.45, 2.75) is 13.8 Å². The standard InChI is InChI=1S/C9H16ClN3O2S/c1-7(5-10)6-16(14,15)12-9-4-8(2)11-13(9)3/h4,7,12H,5-6H2,1-3H3. The summed E-state index contributed by atoms with van der Waals surface area (Å²) >= 11 is 5.59. The molecule has 0 aliphatic rings. The highest BCUT2D eigenvalue weighted by Crippen LogP contribution is 2.12. The Kier molecular flexibility index (Phi) is 4.21. The van der Waals surface area contributed by atoms with Crippen molar-refractivity contribution in [1.82, 2.24) is 9.78 Å². The minimum atomic E-state index is -3.35. The molecule has 7 heteroatoms. The lowest BCUT2D eigenvalue weighted by Crippen LogP contribution is -2.23. The van der Waals surface area contributed by atoms with Crippen molar-refractivity contribution in [1.29, 1.82) is 0 Å². The Morgan fingerprint density at radius 3 is 2.69 bits per heavy atom. The van der Waals surface area contributed by atoms with Crippen molar-refractivity contribution in [3.8, 4) is 0 Å². The molecule has 0 spiro atoms. The fourth-order valence-corrected chi connectivity index (χ4v) is 3.02. The van der Waals surface area contributed by atoms with Gasteiger partial charge in [-0.15, -0.1) is 11.6 Å². The van der Waals surface area contributed by atoms with E-state index < -0.39 is 10.0 Å². The first-order chi connectivity index (χ1) is 7.34. The van der Waals surface area contributed by atoms with E-state index in [1.165, 1.54) is 4.68 Å². The fourth-order valence-electron chi connectivity index (χ4n) is 1.33. The van der Waals surface area contributed by atoms with Crippen LogP contribution in [0.1, 0.15) is 12.6 Å². The highest BCUT2D eigenvalue weighted by Gasteiger charge is 2.16. The van der Waals surface area contributed by atoms with Crippen molar-refractivity contribution in [2.75, 3.05) is 16.4 Å². The van der Waals surface area contributed by atoms with E-state index in [-0.39, 0.29) is 11.7 Å². The molecule has 0 aliphatic heterocycles. The maximum Gasteiger partial charge on any atom is 0.234 e. The molecule has 1 aromatic heterocycles. The van der Waals surface area contributed by atoms with E-state index in [1.807, 2.05) is 0 Å². The number of anilines is 1. The van der Waals surface area contributed by atoms with Crippen molar-refractivity contribution in [3.63, 3.8) is 0 Å². The molecule has 0 aromatic carbocycles. The van der Waals surface area contributed by atoms with Crippen LogP contribution in [0.25, 0.3) is 0 Å². The second-order valence-electron chi connectivity index (χ2n) is 3.94. The van der Waals surface area contributed by atoms with E-state index in [4.69, 9.17) is 11.6 Å². The summed E-state index contributed by atoms with van der Waals surface area (Å²) in [6, 6.07) is 1.68. The highest BCUT2D eigenvalue weighted by atomic mass is 35.5. The Morgan fingerprint density at radius 1 is 1.62 bits per heavy atom. The van der Waals surface area contributed by atoms with Gasteiger partial charge >= 0.3 is 0 Å². The summed E-state index contributed by atoms with van der Waals surface area (Å²) in [4.78, 5) is 0. The van der Waals surface area contributed by atoms with Gasteiger partial charge in [0.05, 0.1) is 11.4 Å². The van der Waals surface area contributed by atoms with Gasteiger partial charge in [0.25, 0.3) is 0 Å². The first-order valence-electron chi connectivity index (χ1n) is 4.91. The first-order valence-corrected chi connectivity index (χ1v) is 7.10. The van der Waals surface area contributed by atoms with Gasteiger partial charge in [0.2, 0.25) is 10.0 Å². The van der Waals surface area contributed by atoms with E-state index in [0.717, 1.165) is 5.69 Å². The quantitative estimate of drug-likeness (QED) is 0.818. The van der Waals surface area contributed by atoms with Gasteiger partial charge in [0, 0.05) is 19.0 Å². The van der Waals surface area contributed by atoms with Gasteiger partial charge in [0.1, 0.15) is 5.82 Å². The predicted molar refractivity (Wildman–Crippen MR) is 65.2 cm³/mol. The highest BCUT2D eigenvalue weighted by molar-refractivity contribution is 7.92. The average Bonchev–Trinajstić information content (AvgIpc) is 2.43. The Balaban J connectivity index is 2.77. The molecule has 1 unspecified atom stereocenters. The van der Waals surface area contributed by atoms with Gasteiger partial charge < -0.3 is 0 Å². The van der Waals surface area contributed by atoms with Crippen LogP contribution in [0.3, 0.4) is 0 Å². The number of nitrogens with one attached hydrogen (secondary N) is 1. The maximum atomic E-state index is 11.7. The van der Waals surface area contributed by atoms with Crippen LogP contribution in [-0.4, -0.2) is 29.8 Å². The van der Waals surface area contributed by atoms with Crippen LogP contribution in [-0.2, 0) is 17.1 Å². The Bertz CT molecular complexity index is 455. The zero-order valence-electron chi connectivity index (χ0n) is 9.57. The summed E-state index contributed by atoms with van der Waals surface area (Å²) in [6.07, 6.45) is 0. The molecular weight excluding hydrogens is 250 g/mol. The molecule has 0 aliphatic carbocycles. The zero-order valence-corrected chi connectivity index (χ0v) is 11.1. The molecule has 0 saturated carbocycles. The van der Waals surface area contributed by atoms with Crippen molar-refractivity contribution < 1.29 is 8.42 Å². The number of hydrogen-bond donors (Lipinski definition) is 1. The molecule has 0 saturated heterocycles. The van der Waals surface area contributed by atoms with Crippen LogP contribution in [0.2, 0.25) is 0 Å². The first kappa shape index (κ1) is 13.3.